The van der Waals surface area contributed by atoms with Gasteiger partial charge in [0.1, 0.15) is 0 Å². The van der Waals surface area contributed by atoms with Crippen molar-refractivity contribution in [3.63, 3.8) is 0 Å². The summed E-state index contributed by atoms with van der Waals surface area (Å²) in [6.45, 7) is 4.15. The molecule has 0 atom stereocenters. The fraction of sp³-hybridized carbons (Fsp3) is 0.562. The number of benzene rings is 1. The summed E-state index contributed by atoms with van der Waals surface area (Å²) >= 11 is 6.15. The van der Waals surface area contributed by atoms with E-state index in [9.17, 15) is 4.79 Å². The minimum atomic E-state index is 0.180. The van der Waals surface area contributed by atoms with Gasteiger partial charge in [0.2, 0.25) is 0 Å². The molecule has 0 aliphatic heterocycles. The lowest BCUT2D eigenvalue weighted by molar-refractivity contribution is 0.0979. The van der Waals surface area contributed by atoms with Gasteiger partial charge < -0.3 is 0 Å². The fourth-order valence-corrected chi connectivity index (χ4v) is 2.29. The second-order valence-corrected chi connectivity index (χ2v) is 5.26. The van der Waals surface area contributed by atoms with Crippen molar-refractivity contribution >= 4 is 17.4 Å². The van der Waals surface area contributed by atoms with Gasteiger partial charge in [-0.2, -0.15) is 0 Å². The molecule has 2 heteroatoms. The van der Waals surface area contributed by atoms with Gasteiger partial charge in [0.15, 0.2) is 5.78 Å². The summed E-state index contributed by atoms with van der Waals surface area (Å²) in [7, 11) is 0. The first-order valence-electron chi connectivity index (χ1n) is 6.95. The van der Waals surface area contributed by atoms with Gasteiger partial charge >= 0.3 is 0 Å². The molecular weight excluding hydrogens is 244 g/mol. The van der Waals surface area contributed by atoms with Crippen LogP contribution in [0.4, 0.5) is 0 Å². The number of ketones is 1. The molecule has 0 bridgehead atoms. The standard InChI is InChI=1S/C16H23ClO/c1-3-4-5-6-7-8-12-15(18)14-11-9-10-13(2)16(14)17/h9-11H,3-8,12H2,1-2H3. The second kappa shape index (κ2) is 8.31. The zero-order chi connectivity index (χ0) is 13.4. The lowest BCUT2D eigenvalue weighted by Crippen LogP contribution is -2.00. The van der Waals surface area contributed by atoms with E-state index in [0.29, 0.717) is 17.0 Å². The van der Waals surface area contributed by atoms with Crippen molar-refractivity contribution < 1.29 is 4.79 Å². The van der Waals surface area contributed by atoms with Crippen LogP contribution in [0.2, 0.25) is 5.02 Å². The molecule has 1 aromatic rings. The second-order valence-electron chi connectivity index (χ2n) is 4.88. The van der Waals surface area contributed by atoms with Crippen LogP contribution in [0.5, 0.6) is 0 Å². The molecule has 0 heterocycles. The van der Waals surface area contributed by atoms with Crippen LogP contribution in [0, 0.1) is 6.92 Å². The monoisotopic (exact) mass is 266 g/mol. The first kappa shape index (κ1) is 15.2. The molecule has 0 amide bonds. The molecule has 0 saturated heterocycles. The molecule has 0 aliphatic carbocycles. The third kappa shape index (κ3) is 4.81. The van der Waals surface area contributed by atoms with Gasteiger partial charge in [-0.05, 0) is 25.0 Å². The average Bonchev–Trinajstić information content (AvgIpc) is 2.36. The van der Waals surface area contributed by atoms with Crippen LogP contribution in [0.15, 0.2) is 18.2 Å². The number of carbonyl (C=O) groups excluding carboxylic acids is 1. The summed E-state index contributed by atoms with van der Waals surface area (Å²) in [5.74, 6) is 0.180. The summed E-state index contributed by atoms with van der Waals surface area (Å²) in [6, 6.07) is 5.66. The number of unbranched alkanes of at least 4 members (excludes halogenated alkanes) is 5. The number of aryl methyl sites for hydroxylation is 1. The summed E-state index contributed by atoms with van der Waals surface area (Å²) in [6.07, 6.45) is 7.84. The van der Waals surface area contributed by atoms with Gasteiger partial charge in [-0.3, -0.25) is 4.79 Å². The maximum absolute atomic E-state index is 12.0. The largest absolute Gasteiger partial charge is 0.294 e. The number of hydrogen-bond donors (Lipinski definition) is 0. The molecule has 0 aliphatic rings. The Balaban J connectivity index is 2.35. The van der Waals surface area contributed by atoms with Crippen molar-refractivity contribution in [3.8, 4) is 0 Å². The van der Waals surface area contributed by atoms with Crippen molar-refractivity contribution in [3.05, 3.63) is 34.3 Å². The van der Waals surface area contributed by atoms with Crippen LogP contribution in [0.3, 0.4) is 0 Å². The molecule has 0 radical (unpaired) electrons. The lowest BCUT2D eigenvalue weighted by atomic mass is 10.0. The zero-order valence-corrected chi connectivity index (χ0v) is 12.2. The Morgan fingerprint density at radius 3 is 2.50 bits per heavy atom. The van der Waals surface area contributed by atoms with E-state index in [1.165, 1.54) is 25.7 Å². The third-order valence-corrected chi connectivity index (χ3v) is 3.75. The maximum Gasteiger partial charge on any atom is 0.164 e. The third-order valence-electron chi connectivity index (χ3n) is 3.25. The number of carbonyl (C=O) groups is 1. The number of hydrogen-bond acceptors (Lipinski definition) is 1. The minimum absolute atomic E-state index is 0.180. The molecule has 0 spiro atoms. The quantitative estimate of drug-likeness (QED) is 0.443. The van der Waals surface area contributed by atoms with Gasteiger partial charge in [0, 0.05) is 12.0 Å². The number of rotatable bonds is 8. The van der Waals surface area contributed by atoms with Crippen molar-refractivity contribution in [2.75, 3.05) is 0 Å². The first-order valence-corrected chi connectivity index (χ1v) is 7.33. The van der Waals surface area contributed by atoms with E-state index in [1.807, 2.05) is 25.1 Å². The van der Waals surface area contributed by atoms with E-state index >= 15 is 0 Å². The van der Waals surface area contributed by atoms with E-state index in [0.717, 1.165) is 18.4 Å². The SMILES string of the molecule is CCCCCCCCC(=O)c1cccc(C)c1Cl. The number of Topliss-reactive ketones (excluding diaryl/α,β-unsaturated/α-hetero) is 1. The molecule has 0 fully saturated rings. The normalized spacial score (nSPS) is 10.6. The molecule has 18 heavy (non-hydrogen) atoms. The van der Waals surface area contributed by atoms with Gasteiger partial charge in [-0.15, -0.1) is 0 Å². The molecule has 1 nitrogen and oxygen atoms in total. The van der Waals surface area contributed by atoms with Gasteiger partial charge in [-0.1, -0.05) is 62.8 Å². The molecule has 0 saturated carbocycles. The summed E-state index contributed by atoms with van der Waals surface area (Å²) < 4.78 is 0. The van der Waals surface area contributed by atoms with Crippen LogP contribution < -0.4 is 0 Å². The molecule has 0 unspecified atom stereocenters. The van der Waals surface area contributed by atoms with Gasteiger partial charge in [0.25, 0.3) is 0 Å². The Labute approximate surface area is 116 Å². The highest BCUT2D eigenvalue weighted by molar-refractivity contribution is 6.34. The van der Waals surface area contributed by atoms with Crippen LogP contribution in [0.25, 0.3) is 0 Å². The van der Waals surface area contributed by atoms with E-state index in [4.69, 9.17) is 11.6 Å². The summed E-state index contributed by atoms with van der Waals surface area (Å²) in [4.78, 5) is 12.0. The Morgan fingerprint density at radius 1 is 1.11 bits per heavy atom. The molecule has 1 aromatic carbocycles. The van der Waals surface area contributed by atoms with E-state index in [1.54, 1.807) is 0 Å². The highest BCUT2D eigenvalue weighted by Gasteiger charge is 2.10. The van der Waals surface area contributed by atoms with E-state index in [2.05, 4.69) is 6.92 Å². The molecule has 0 aromatic heterocycles. The van der Waals surface area contributed by atoms with Crippen molar-refractivity contribution in [1.82, 2.24) is 0 Å². The van der Waals surface area contributed by atoms with Crippen molar-refractivity contribution in [1.29, 1.82) is 0 Å². The molecule has 0 N–H and O–H groups in total. The predicted molar refractivity (Wildman–Crippen MR) is 78.5 cm³/mol. The Hall–Kier alpha value is -0.820. The fourth-order valence-electron chi connectivity index (χ4n) is 2.06. The van der Waals surface area contributed by atoms with Crippen LogP contribution in [-0.4, -0.2) is 5.78 Å². The molecule has 100 valence electrons. The topological polar surface area (TPSA) is 17.1 Å². The zero-order valence-electron chi connectivity index (χ0n) is 11.5. The van der Waals surface area contributed by atoms with Crippen LogP contribution in [0.1, 0.15) is 67.8 Å². The minimum Gasteiger partial charge on any atom is -0.294 e. The van der Waals surface area contributed by atoms with Crippen molar-refractivity contribution in [2.45, 2.75) is 58.8 Å². The molecular formula is C16H23ClO. The highest BCUT2D eigenvalue weighted by Crippen LogP contribution is 2.22. The number of halogens is 1. The Kier molecular flexibility index (Phi) is 7.04. The first-order chi connectivity index (χ1) is 8.66. The van der Waals surface area contributed by atoms with Crippen molar-refractivity contribution in [2.24, 2.45) is 0 Å². The average molecular weight is 267 g/mol. The highest BCUT2D eigenvalue weighted by atomic mass is 35.5. The predicted octanol–water partition coefficient (Wildman–Crippen LogP) is 5.58. The van der Waals surface area contributed by atoms with Crippen LogP contribution in [-0.2, 0) is 0 Å². The lowest BCUT2D eigenvalue weighted by Gasteiger charge is -2.06. The maximum atomic E-state index is 12.0. The molecule has 1 rings (SSSR count). The van der Waals surface area contributed by atoms with E-state index in [-0.39, 0.29) is 5.78 Å². The smallest absolute Gasteiger partial charge is 0.164 e. The Bertz CT molecular complexity index is 385. The summed E-state index contributed by atoms with van der Waals surface area (Å²) in [5.41, 5.74) is 1.66. The summed E-state index contributed by atoms with van der Waals surface area (Å²) in [5, 5.41) is 0.619. The Morgan fingerprint density at radius 2 is 1.78 bits per heavy atom. The van der Waals surface area contributed by atoms with E-state index < -0.39 is 0 Å². The van der Waals surface area contributed by atoms with Crippen LogP contribution >= 0.6 is 11.6 Å². The van der Waals surface area contributed by atoms with Gasteiger partial charge in [0.05, 0.1) is 5.02 Å². The van der Waals surface area contributed by atoms with Gasteiger partial charge in [-0.25, -0.2) is 0 Å².